The lowest BCUT2D eigenvalue weighted by molar-refractivity contribution is 0.0675. The molecule has 27 heavy (non-hydrogen) atoms. The summed E-state index contributed by atoms with van der Waals surface area (Å²) in [5.74, 6) is 9.48. The molecule has 0 bridgehead atoms. The molecule has 1 nitrogen and oxygen atoms in total. The number of hydrogen-bond donors (Lipinski definition) is 0. The molecular weight excluding hydrogens is 432 g/mol. The van der Waals surface area contributed by atoms with Crippen LogP contribution in [-0.4, -0.2) is 38.3 Å². The van der Waals surface area contributed by atoms with E-state index >= 15 is 0 Å². The second kappa shape index (κ2) is 18.6. The van der Waals surface area contributed by atoms with Crippen LogP contribution in [0.2, 0.25) is 18.1 Å². The van der Waals surface area contributed by atoms with E-state index in [9.17, 15) is 0 Å². The van der Waals surface area contributed by atoms with Gasteiger partial charge in [-0.05, 0) is 42.2 Å². The Labute approximate surface area is 185 Å². The summed E-state index contributed by atoms with van der Waals surface area (Å²) in [5.41, 5.74) is 0. The van der Waals surface area contributed by atoms with Gasteiger partial charge in [0.2, 0.25) is 0 Å². The van der Waals surface area contributed by atoms with Crippen LogP contribution >= 0.6 is 27.7 Å². The average molecular weight is 478 g/mol. The largest absolute Gasteiger partial charge is 0.365 e. The third kappa shape index (κ3) is 17.2. The predicted octanol–water partition coefficient (Wildman–Crippen LogP) is 7.69. The fourth-order valence-corrected chi connectivity index (χ4v) is 4.50. The van der Waals surface area contributed by atoms with Crippen LogP contribution in [0.3, 0.4) is 0 Å². The quantitative estimate of drug-likeness (QED) is 0.0919. The van der Waals surface area contributed by atoms with Crippen LogP contribution in [0, 0.1) is 11.8 Å². The van der Waals surface area contributed by atoms with Crippen molar-refractivity contribution in [3.05, 3.63) is 0 Å². The third-order valence-corrected chi connectivity index (χ3v) is 10.3. The van der Waals surface area contributed by atoms with Crippen molar-refractivity contribution in [1.82, 2.24) is 0 Å². The van der Waals surface area contributed by atoms with Crippen molar-refractivity contribution in [1.29, 1.82) is 0 Å². The van der Waals surface area contributed by atoms with Crippen molar-refractivity contribution >= 4 is 36.5 Å². The van der Waals surface area contributed by atoms with E-state index in [1.54, 1.807) is 0 Å². The number of hydrogen-bond acceptors (Lipinski definition) is 2. The fraction of sp³-hybridized carbons (Fsp3) is 0.913. The van der Waals surface area contributed by atoms with Gasteiger partial charge in [-0.15, -0.1) is 5.92 Å². The topological polar surface area (TPSA) is 9.23 Å². The van der Waals surface area contributed by atoms with E-state index in [1.165, 1.54) is 62.9 Å². The van der Waals surface area contributed by atoms with Crippen LogP contribution in [-0.2, 0) is 4.74 Å². The van der Waals surface area contributed by atoms with Crippen molar-refractivity contribution in [3.8, 4) is 11.8 Å². The van der Waals surface area contributed by atoms with Gasteiger partial charge < -0.3 is 4.74 Å². The average Bonchev–Trinajstić information content (AvgIpc) is 2.64. The SMILES string of the molecule is CCCCC(C#CCCCCCCCSCCCBr)OCC(C)(C)[SiH](C)C. The van der Waals surface area contributed by atoms with E-state index in [1.807, 2.05) is 0 Å². The highest BCUT2D eigenvalue weighted by molar-refractivity contribution is 9.09. The summed E-state index contributed by atoms with van der Waals surface area (Å²) in [6.07, 6.45) is 12.7. The first-order chi connectivity index (χ1) is 12.9. The first-order valence-corrected chi connectivity index (χ1v) is 16.3. The predicted molar refractivity (Wildman–Crippen MR) is 133 cm³/mol. The Morgan fingerprint density at radius 3 is 2.33 bits per heavy atom. The van der Waals surface area contributed by atoms with Crippen LogP contribution in [0.5, 0.6) is 0 Å². The van der Waals surface area contributed by atoms with E-state index in [2.05, 4.69) is 73.4 Å². The highest BCUT2D eigenvalue weighted by Crippen LogP contribution is 2.29. The summed E-state index contributed by atoms with van der Waals surface area (Å²) >= 11 is 5.59. The van der Waals surface area contributed by atoms with Gasteiger partial charge in [0, 0.05) is 20.5 Å². The van der Waals surface area contributed by atoms with Crippen LogP contribution in [0.4, 0.5) is 0 Å². The number of unbranched alkanes of at least 4 members (excludes halogenated alkanes) is 6. The standard InChI is InChI=1S/C23H45BrOSSi/c1-6-7-16-22(25-21-23(2,3)27(4)5)17-13-11-9-8-10-12-14-19-26-20-15-18-24/h22,27H,6-12,14-16,18-21H2,1-5H3. The molecular formula is C23H45BrOSSi. The van der Waals surface area contributed by atoms with E-state index in [0.29, 0.717) is 5.04 Å². The van der Waals surface area contributed by atoms with Gasteiger partial charge in [0.1, 0.15) is 6.10 Å². The van der Waals surface area contributed by atoms with Crippen molar-refractivity contribution < 1.29 is 4.74 Å². The van der Waals surface area contributed by atoms with Crippen LogP contribution in [0.1, 0.15) is 85.0 Å². The molecule has 0 aliphatic heterocycles. The van der Waals surface area contributed by atoms with Crippen molar-refractivity contribution in [2.45, 2.75) is 109 Å². The normalized spacial score (nSPS) is 12.9. The Balaban J connectivity index is 3.89. The highest BCUT2D eigenvalue weighted by atomic mass is 79.9. The highest BCUT2D eigenvalue weighted by Gasteiger charge is 2.24. The molecule has 1 unspecified atom stereocenters. The molecule has 4 heteroatoms. The number of rotatable bonds is 17. The van der Waals surface area contributed by atoms with Crippen LogP contribution < -0.4 is 0 Å². The molecule has 0 amide bonds. The molecule has 0 aromatic rings. The maximum absolute atomic E-state index is 6.23. The van der Waals surface area contributed by atoms with Gasteiger partial charge in [0.15, 0.2) is 0 Å². The Hall–Kier alpha value is 0.567. The molecule has 0 aromatic carbocycles. The molecule has 0 saturated heterocycles. The Kier molecular flexibility index (Phi) is 19.0. The minimum Gasteiger partial charge on any atom is -0.365 e. The molecule has 0 heterocycles. The summed E-state index contributed by atoms with van der Waals surface area (Å²) in [6, 6.07) is 0. The minimum absolute atomic E-state index is 0.147. The van der Waals surface area contributed by atoms with Gasteiger partial charge in [0.25, 0.3) is 0 Å². The maximum atomic E-state index is 6.23. The maximum Gasteiger partial charge on any atom is 0.118 e. The zero-order valence-electron chi connectivity index (χ0n) is 18.7. The van der Waals surface area contributed by atoms with Gasteiger partial charge in [-0.3, -0.25) is 0 Å². The summed E-state index contributed by atoms with van der Waals surface area (Å²) in [5, 5.41) is 1.50. The first-order valence-electron chi connectivity index (χ1n) is 11.2. The molecule has 0 aliphatic carbocycles. The number of halogens is 1. The van der Waals surface area contributed by atoms with Gasteiger partial charge >= 0.3 is 0 Å². The van der Waals surface area contributed by atoms with E-state index in [-0.39, 0.29) is 6.10 Å². The van der Waals surface area contributed by atoms with E-state index in [4.69, 9.17) is 4.74 Å². The van der Waals surface area contributed by atoms with E-state index < -0.39 is 8.80 Å². The fourth-order valence-electron chi connectivity index (χ4n) is 2.46. The van der Waals surface area contributed by atoms with Gasteiger partial charge in [0.05, 0.1) is 6.61 Å². The molecule has 0 aromatic heterocycles. The van der Waals surface area contributed by atoms with Crippen molar-refractivity contribution in [2.24, 2.45) is 0 Å². The zero-order chi connectivity index (χ0) is 20.4. The Morgan fingerprint density at radius 1 is 1.00 bits per heavy atom. The Morgan fingerprint density at radius 2 is 1.67 bits per heavy atom. The number of ether oxygens (including phenoxy) is 1. The van der Waals surface area contributed by atoms with Gasteiger partial charge in [-0.25, -0.2) is 0 Å². The summed E-state index contributed by atoms with van der Waals surface area (Å²) < 4.78 is 6.23. The minimum atomic E-state index is -0.704. The second-order valence-corrected chi connectivity index (χ2v) is 14.5. The monoisotopic (exact) mass is 476 g/mol. The Bertz CT molecular complexity index is 390. The number of alkyl halides is 1. The molecule has 0 spiro atoms. The molecule has 0 N–H and O–H groups in total. The van der Waals surface area contributed by atoms with Crippen LogP contribution in [0.25, 0.3) is 0 Å². The summed E-state index contributed by atoms with van der Waals surface area (Å²) in [6.45, 7) is 12.7. The molecule has 0 rings (SSSR count). The lowest BCUT2D eigenvalue weighted by atomic mass is 10.1. The van der Waals surface area contributed by atoms with Gasteiger partial charge in [-0.1, -0.05) is 87.8 Å². The number of thioether (sulfide) groups is 1. The third-order valence-electron chi connectivity index (χ3n) is 5.32. The van der Waals surface area contributed by atoms with Crippen LogP contribution in [0.15, 0.2) is 0 Å². The molecule has 0 fully saturated rings. The molecule has 0 aliphatic rings. The van der Waals surface area contributed by atoms with Crippen molar-refractivity contribution in [2.75, 3.05) is 23.4 Å². The summed E-state index contributed by atoms with van der Waals surface area (Å²) in [7, 11) is -0.704. The zero-order valence-corrected chi connectivity index (χ0v) is 22.3. The second-order valence-electron chi connectivity index (χ2n) is 8.58. The smallest absolute Gasteiger partial charge is 0.118 e. The molecule has 0 radical (unpaired) electrons. The van der Waals surface area contributed by atoms with Crippen molar-refractivity contribution in [3.63, 3.8) is 0 Å². The summed E-state index contributed by atoms with van der Waals surface area (Å²) in [4.78, 5) is 0. The van der Waals surface area contributed by atoms with Gasteiger partial charge in [-0.2, -0.15) is 11.8 Å². The molecule has 160 valence electrons. The first kappa shape index (κ1) is 27.6. The molecule has 1 atom stereocenters. The lowest BCUT2D eigenvalue weighted by Crippen LogP contribution is -2.28. The molecule has 0 saturated carbocycles. The lowest BCUT2D eigenvalue weighted by Gasteiger charge is -2.29. The van der Waals surface area contributed by atoms with E-state index in [0.717, 1.165) is 24.8 Å².